The van der Waals surface area contributed by atoms with Crippen molar-refractivity contribution < 1.29 is 14.3 Å². The second kappa shape index (κ2) is 6.24. The molecule has 0 aromatic heterocycles. The smallest absolute Gasteiger partial charge is 0.315 e. The monoisotopic (exact) mass is 292 g/mol. The molecule has 0 radical (unpaired) electrons. The molecule has 5 heteroatoms. The first kappa shape index (κ1) is 15.5. The predicted octanol–water partition coefficient (Wildman–Crippen LogP) is 2.41. The third kappa shape index (κ3) is 4.55. The number of nitrogens with one attached hydrogen (secondary N) is 2. The van der Waals surface area contributed by atoms with Crippen LogP contribution in [0.25, 0.3) is 0 Å². The highest BCUT2D eigenvalue weighted by Crippen LogP contribution is 2.33. The second-order valence-corrected chi connectivity index (χ2v) is 6.30. The van der Waals surface area contributed by atoms with E-state index in [1.807, 2.05) is 39.8 Å². The van der Waals surface area contributed by atoms with E-state index >= 15 is 0 Å². The number of rotatable bonds is 3. The topological polar surface area (TPSA) is 59.6 Å². The van der Waals surface area contributed by atoms with Crippen LogP contribution in [0.1, 0.15) is 31.9 Å². The Morgan fingerprint density at radius 3 is 2.43 bits per heavy atom. The van der Waals surface area contributed by atoms with E-state index in [0.717, 1.165) is 29.0 Å². The second-order valence-electron chi connectivity index (χ2n) is 6.30. The highest BCUT2D eigenvalue weighted by atomic mass is 16.6. The lowest BCUT2D eigenvalue weighted by molar-refractivity contribution is 0.171. The summed E-state index contributed by atoms with van der Waals surface area (Å²) in [6, 6.07) is 3.87. The lowest BCUT2D eigenvalue weighted by Gasteiger charge is -2.21. The van der Waals surface area contributed by atoms with Crippen molar-refractivity contribution in [1.82, 2.24) is 10.6 Å². The first-order chi connectivity index (χ1) is 9.85. The van der Waals surface area contributed by atoms with Crippen LogP contribution >= 0.6 is 0 Å². The number of hydrogen-bond donors (Lipinski definition) is 2. The molecule has 21 heavy (non-hydrogen) atoms. The van der Waals surface area contributed by atoms with E-state index < -0.39 is 0 Å². The minimum absolute atomic E-state index is 0.141. The van der Waals surface area contributed by atoms with Crippen LogP contribution in [0.2, 0.25) is 0 Å². The van der Waals surface area contributed by atoms with Gasteiger partial charge in [-0.2, -0.15) is 0 Å². The molecule has 1 aliphatic heterocycles. The summed E-state index contributed by atoms with van der Waals surface area (Å²) in [5.41, 5.74) is 2.09. The maximum absolute atomic E-state index is 11.7. The molecule has 0 atom stereocenters. The van der Waals surface area contributed by atoms with Crippen molar-refractivity contribution in [2.24, 2.45) is 0 Å². The molecular weight excluding hydrogens is 268 g/mol. The number of carbonyl (C=O) groups is 1. The lowest BCUT2D eigenvalue weighted by atomic mass is 10.0. The Morgan fingerprint density at radius 2 is 1.81 bits per heavy atom. The zero-order valence-corrected chi connectivity index (χ0v) is 13.2. The Bertz CT molecular complexity index is 521. The van der Waals surface area contributed by atoms with Gasteiger partial charge in [-0.3, -0.25) is 0 Å². The molecule has 2 amide bonds. The maximum Gasteiger partial charge on any atom is 0.315 e. The molecular formula is C16H24N2O3. The number of hydrogen-bond acceptors (Lipinski definition) is 3. The van der Waals surface area contributed by atoms with Crippen molar-refractivity contribution in [2.75, 3.05) is 19.8 Å². The van der Waals surface area contributed by atoms with Gasteiger partial charge in [-0.25, -0.2) is 4.79 Å². The van der Waals surface area contributed by atoms with E-state index in [-0.39, 0.29) is 11.6 Å². The van der Waals surface area contributed by atoms with E-state index in [9.17, 15) is 4.79 Å². The van der Waals surface area contributed by atoms with Gasteiger partial charge >= 0.3 is 6.03 Å². The summed E-state index contributed by atoms with van der Waals surface area (Å²) in [6.45, 7) is 9.68. The van der Waals surface area contributed by atoms with Gasteiger partial charge in [0.2, 0.25) is 0 Å². The molecule has 1 heterocycles. The molecule has 0 saturated heterocycles. The number of fused-ring (bicyclic) bond motifs is 1. The number of amides is 2. The molecule has 0 fully saturated rings. The lowest BCUT2D eigenvalue weighted by Crippen LogP contribution is -2.46. The van der Waals surface area contributed by atoms with Crippen molar-refractivity contribution in [1.29, 1.82) is 0 Å². The first-order valence-electron chi connectivity index (χ1n) is 7.30. The minimum atomic E-state index is -0.225. The Balaban J connectivity index is 1.90. The highest BCUT2D eigenvalue weighted by Gasteiger charge is 2.15. The minimum Gasteiger partial charge on any atom is -0.486 e. The van der Waals surface area contributed by atoms with Crippen LogP contribution in [0.4, 0.5) is 4.79 Å². The van der Waals surface area contributed by atoms with Gasteiger partial charge in [-0.1, -0.05) is 0 Å². The number of aryl methyl sites for hydroxylation is 1. The van der Waals surface area contributed by atoms with Gasteiger partial charge < -0.3 is 20.1 Å². The summed E-state index contributed by atoms with van der Waals surface area (Å²) in [7, 11) is 0. The van der Waals surface area contributed by atoms with Crippen LogP contribution in [0.5, 0.6) is 11.5 Å². The van der Waals surface area contributed by atoms with Gasteiger partial charge in [-0.05, 0) is 57.4 Å². The molecule has 1 aromatic carbocycles. The Hall–Kier alpha value is -1.91. The van der Waals surface area contributed by atoms with Crippen LogP contribution < -0.4 is 20.1 Å². The number of carbonyl (C=O) groups excluding carboxylic acids is 1. The Labute approximate surface area is 126 Å². The number of urea groups is 1. The standard InChI is InChI=1S/C16H24N2O3/c1-11-9-13-14(21-8-7-20-13)10-12(11)5-6-17-15(19)18-16(2,3)4/h9-10H,5-8H2,1-4H3,(H2,17,18,19). The summed E-state index contributed by atoms with van der Waals surface area (Å²) in [5, 5.41) is 5.75. The van der Waals surface area contributed by atoms with E-state index in [4.69, 9.17) is 9.47 Å². The molecule has 0 aliphatic carbocycles. The van der Waals surface area contributed by atoms with Crippen LogP contribution in [-0.2, 0) is 6.42 Å². The Morgan fingerprint density at radius 1 is 1.19 bits per heavy atom. The number of ether oxygens (including phenoxy) is 2. The summed E-state index contributed by atoms with van der Waals surface area (Å²) >= 11 is 0. The van der Waals surface area contributed by atoms with E-state index in [0.29, 0.717) is 19.8 Å². The molecule has 1 aliphatic rings. The number of benzene rings is 1. The van der Waals surface area contributed by atoms with E-state index in [1.54, 1.807) is 0 Å². The SMILES string of the molecule is Cc1cc2c(cc1CCNC(=O)NC(C)(C)C)OCCO2. The third-order valence-corrected chi connectivity index (χ3v) is 3.17. The average molecular weight is 292 g/mol. The van der Waals surface area contributed by atoms with Crippen molar-refractivity contribution in [3.63, 3.8) is 0 Å². The molecule has 1 aromatic rings. The van der Waals surface area contributed by atoms with Crippen molar-refractivity contribution in [3.05, 3.63) is 23.3 Å². The maximum atomic E-state index is 11.7. The molecule has 2 N–H and O–H groups in total. The third-order valence-electron chi connectivity index (χ3n) is 3.17. The zero-order valence-electron chi connectivity index (χ0n) is 13.2. The highest BCUT2D eigenvalue weighted by molar-refractivity contribution is 5.74. The zero-order chi connectivity index (χ0) is 15.5. The molecule has 5 nitrogen and oxygen atoms in total. The van der Waals surface area contributed by atoms with Crippen molar-refractivity contribution in [3.8, 4) is 11.5 Å². The van der Waals surface area contributed by atoms with Gasteiger partial charge in [0.1, 0.15) is 13.2 Å². The van der Waals surface area contributed by atoms with Crippen molar-refractivity contribution >= 4 is 6.03 Å². The van der Waals surface area contributed by atoms with Gasteiger partial charge in [-0.15, -0.1) is 0 Å². The fourth-order valence-corrected chi connectivity index (χ4v) is 2.20. The molecule has 0 bridgehead atoms. The summed E-state index contributed by atoms with van der Waals surface area (Å²) < 4.78 is 11.1. The largest absolute Gasteiger partial charge is 0.486 e. The van der Waals surface area contributed by atoms with E-state index in [2.05, 4.69) is 10.6 Å². The predicted molar refractivity (Wildman–Crippen MR) is 82.2 cm³/mol. The van der Waals surface area contributed by atoms with Crippen molar-refractivity contribution in [2.45, 2.75) is 39.7 Å². The van der Waals surface area contributed by atoms with E-state index in [1.165, 1.54) is 0 Å². The van der Waals surface area contributed by atoms with Gasteiger partial charge in [0.25, 0.3) is 0 Å². The molecule has 116 valence electrons. The van der Waals surface area contributed by atoms with Crippen LogP contribution in [0.3, 0.4) is 0 Å². The molecule has 2 rings (SSSR count). The fraction of sp³-hybridized carbons (Fsp3) is 0.562. The molecule has 0 saturated carbocycles. The van der Waals surface area contributed by atoms with Gasteiger partial charge in [0, 0.05) is 12.1 Å². The summed E-state index contributed by atoms with van der Waals surface area (Å²) in [5.74, 6) is 1.60. The summed E-state index contributed by atoms with van der Waals surface area (Å²) in [6.07, 6.45) is 0.764. The quantitative estimate of drug-likeness (QED) is 0.899. The molecule has 0 unspecified atom stereocenters. The van der Waals surface area contributed by atoms with Gasteiger partial charge in [0.15, 0.2) is 11.5 Å². The van der Waals surface area contributed by atoms with Gasteiger partial charge in [0.05, 0.1) is 0 Å². The molecule has 0 spiro atoms. The van der Waals surface area contributed by atoms with Crippen LogP contribution in [0.15, 0.2) is 12.1 Å². The van der Waals surface area contributed by atoms with Crippen LogP contribution in [0, 0.1) is 6.92 Å². The normalized spacial score (nSPS) is 13.7. The van der Waals surface area contributed by atoms with Crippen LogP contribution in [-0.4, -0.2) is 31.3 Å². The fourth-order valence-electron chi connectivity index (χ4n) is 2.20. The Kier molecular flexibility index (Phi) is 4.60. The summed E-state index contributed by atoms with van der Waals surface area (Å²) in [4.78, 5) is 11.7. The average Bonchev–Trinajstić information content (AvgIpc) is 2.37. The first-order valence-corrected chi connectivity index (χ1v) is 7.30.